The largest absolute Gasteiger partial charge is 0.482 e. The Morgan fingerprint density at radius 3 is 2.48 bits per heavy atom. The van der Waals surface area contributed by atoms with Gasteiger partial charge in [0, 0.05) is 6.54 Å². The zero-order valence-corrected chi connectivity index (χ0v) is 12.5. The van der Waals surface area contributed by atoms with Crippen LogP contribution in [0.4, 0.5) is 0 Å². The summed E-state index contributed by atoms with van der Waals surface area (Å²) < 4.78 is 30.9. The molecule has 1 aromatic carbocycles. The Labute approximate surface area is 124 Å². The molecular weight excluding hydrogens is 294 g/mol. The molecule has 1 N–H and O–H groups in total. The molecular formula is C14H17NO5S. The normalized spacial score (nSPS) is 11.1. The first-order valence-corrected chi connectivity index (χ1v) is 7.74. The molecule has 1 rings (SSSR count). The summed E-state index contributed by atoms with van der Waals surface area (Å²) in [6.07, 6.45) is 5.85. The maximum Gasteiger partial charge on any atom is 0.341 e. The fourth-order valence-electron chi connectivity index (χ4n) is 1.64. The summed E-state index contributed by atoms with van der Waals surface area (Å²) in [6.45, 7) is 1.73. The van der Waals surface area contributed by atoms with Crippen molar-refractivity contribution in [1.29, 1.82) is 0 Å². The van der Waals surface area contributed by atoms with Crippen molar-refractivity contribution in [3.63, 3.8) is 0 Å². The fourth-order valence-corrected chi connectivity index (χ4v) is 3.08. The van der Waals surface area contributed by atoms with E-state index in [4.69, 9.17) is 16.3 Å². The van der Waals surface area contributed by atoms with Gasteiger partial charge in [0.2, 0.25) is 10.0 Å². The molecule has 0 atom stereocenters. The Morgan fingerprint density at radius 2 is 2.00 bits per heavy atom. The number of carbonyl (C=O) groups is 1. The number of hydrogen-bond acceptors (Lipinski definition) is 4. The fraction of sp³-hybridized carbons (Fsp3) is 0.357. The number of carboxylic acids is 1. The molecule has 0 fully saturated rings. The van der Waals surface area contributed by atoms with Crippen LogP contribution in [0.2, 0.25) is 0 Å². The third-order valence-corrected chi connectivity index (χ3v) is 4.42. The second-order valence-electron chi connectivity index (χ2n) is 4.20. The lowest BCUT2D eigenvalue weighted by atomic mass is 10.3. The highest BCUT2D eigenvalue weighted by atomic mass is 32.2. The van der Waals surface area contributed by atoms with Crippen LogP contribution < -0.4 is 4.74 Å². The Bertz CT molecular complexity index is 616. The van der Waals surface area contributed by atoms with Crippen molar-refractivity contribution < 1.29 is 23.1 Å². The summed E-state index contributed by atoms with van der Waals surface area (Å²) in [5.41, 5.74) is 0. The molecule has 0 radical (unpaired) electrons. The van der Waals surface area contributed by atoms with E-state index in [0.29, 0.717) is 13.0 Å². The molecule has 114 valence electrons. The van der Waals surface area contributed by atoms with Crippen LogP contribution in [-0.4, -0.2) is 43.5 Å². The first kappa shape index (κ1) is 17.0. The number of carboxylic acid groups (broad SMARTS) is 1. The Kier molecular flexibility index (Phi) is 6.21. The Morgan fingerprint density at radius 1 is 1.38 bits per heavy atom. The minimum atomic E-state index is -3.65. The van der Waals surface area contributed by atoms with Crippen LogP contribution in [0.3, 0.4) is 0 Å². The molecule has 0 saturated carbocycles. The molecule has 6 nitrogen and oxygen atoms in total. The van der Waals surface area contributed by atoms with E-state index < -0.39 is 22.6 Å². The molecule has 0 spiro atoms. The van der Waals surface area contributed by atoms with Gasteiger partial charge in [-0.2, -0.15) is 4.31 Å². The average Bonchev–Trinajstić information content (AvgIpc) is 2.45. The van der Waals surface area contributed by atoms with Gasteiger partial charge in [0.1, 0.15) is 5.75 Å². The van der Waals surface area contributed by atoms with Gasteiger partial charge in [0.25, 0.3) is 0 Å². The van der Waals surface area contributed by atoms with Gasteiger partial charge in [-0.3, -0.25) is 0 Å². The molecule has 0 amide bonds. The van der Waals surface area contributed by atoms with E-state index in [1.165, 1.54) is 28.6 Å². The highest BCUT2D eigenvalue weighted by Gasteiger charge is 2.22. The van der Waals surface area contributed by atoms with Gasteiger partial charge in [0.05, 0.1) is 11.4 Å². The van der Waals surface area contributed by atoms with Gasteiger partial charge in [0.15, 0.2) is 6.61 Å². The minimum absolute atomic E-state index is 0.00738. The van der Waals surface area contributed by atoms with Crippen LogP contribution in [0.5, 0.6) is 5.75 Å². The summed E-state index contributed by atoms with van der Waals surface area (Å²) in [6, 6.07) is 5.56. The number of benzene rings is 1. The van der Waals surface area contributed by atoms with Gasteiger partial charge in [-0.25, -0.2) is 13.2 Å². The first-order chi connectivity index (χ1) is 9.91. The second-order valence-corrected chi connectivity index (χ2v) is 6.13. The lowest BCUT2D eigenvalue weighted by Crippen LogP contribution is -2.32. The summed E-state index contributed by atoms with van der Waals surface area (Å²) in [5, 5.41) is 8.50. The van der Waals surface area contributed by atoms with Gasteiger partial charge in [-0.05, 0) is 30.7 Å². The van der Waals surface area contributed by atoms with E-state index in [-0.39, 0.29) is 17.2 Å². The van der Waals surface area contributed by atoms with E-state index in [1.54, 1.807) is 0 Å². The predicted molar refractivity (Wildman–Crippen MR) is 77.5 cm³/mol. The SMILES string of the molecule is C#CCN(CCC)S(=O)(=O)c1ccc(OCC(=O)O)cc1. The third kappa shape index (κ3) is 4.77. The van der Waals surface area contributed by atoms with Gasteiger partial charge >= 0.3 is 5.97 Å². The summed E-state index contributed by atoms with van der Waals surface area (Å²) in [5.74, 6) is 1.51. The van der Waals surface area contributed by atoms with E-state index >= 15 is 0 Å². The van der Waals surface area contributed by atoms with Crippen molar-refractivity contribution in [2.24, 2.45) is 0 Å². The number of sulfonamides is 1. The summed E-state index contributed by atoms with van der Waals surface area (Å²) in [7, 11) is -3.65. The molecule has 0 aliphatic heterocycles. The number of aliphatic carboxylic acids is 1. The molecule has 0 bridgehead atoms. The van der Waals surface area contributed by atoms with Gasteiger partial charge in [-0.1, -0.05) is 12.8 Å². The second kappa shape index (κ2) is 7.67. The van der Waals surface area contributed by atoms with E-state index in [9.17, 15) is 13.2 Å². The van der Waals surface area contributed by atoms with Crippen LogP contribution in [0.15, 0.2) is 29.2 Å². The van der Waals surface area contributed by atoms with Crippen LogP contribution >= 0.6 is 0 Å². The molecule has 0 aromatic heterocycles. The van der Waals surface area contributed by atoms with Gasteiger partial charge < -0.3 is 9.84 Å². The molecule has 0 heterocycles. The number of terminal acetylenes is 1. The molecule has 7 heteroatoms. The van der Waals surface area contributed by atoms with Crippen LogP contribution in [-0.2, 0) is 14.8 Å². The highest BCUT2D eigenvalue weighted by Crippen LogP contribution is 2.19. The van der Waals surface area contributed by atoms with Crippen LogP contribution in [0.1, 0.15) is 13.3 Å². The smallest absolute Gasteiger partial charge is 0.341 e. The summed E-state index contributed by atoms with van der Waals surface area (Å²) >= 11 is 0. The topological polar surface area (TPSA) is 83.9 Å². The van der Waals surface area contributed by atoms with Gasteiger partial charge in [-0.15, -0.1) is 6.42 Å². The number of hydrogen-bond donors (Lipinski definition) is 1. The Balaban J connectivity index is 2.93. The maximum atomic E-state index is 12.4. The molecule has 0 unspecified atom stereocenters. The van der Waals surface area contributed by atoms with Crippen molar-refractivity contribution in [2.75, 3.05) is 19.7 Å². The maximum absolute atomic E-state index is 12.4. The molecule has 0 saturated heterocycles. The lowest BCUT2D eigenvalue weighted by Gasteiger charge is -2.19. The molecule has 0 aliphatic rings. The van der Waals surface area contributed by atoms with Crippen molar-refractivity contribution in [2.45, 2.75) is 18.2 Å². The predicted octanol–water partition coefficient (Wildman–Crippen LogP) is 1.18. The monoisotopic (exact) mass is 311 g/mol. The van der Waals surface area contributed by atoms with Crippen molar-refractivity contribution >= 4 is 16.0 Å². The van der Waals surface area contributed by atoms with Crippen LogP contribution in [0.25, 0.3) is 0 Å². The number of rotatable bonds is 8. The van der Waals surface area contributed by atoms with E-state index in [0.717, 1.165) is 0 Å². The van der Waals surface area contributed by atoms with Crippen molar-refractivity contribution in [3.05, 3.63) is 24.3 Å². The third-order valence-electron chi connectivity index (χ3n) is 2.56. The standard InChI is InChI=1S/C14H17NO5S/c1-3-9-15(10-4-2)21(18,19)13-7-5-12(6-8-13)20-11-14(16)17/h1,5-8H,4,9-11H2,2H3,(H,16,17). The zero-order valence-electron chi connectivity index (χ0n) is 11.7. The summed E-state index contributed by atoms with van der Waals surface area (Å²) in [4.78, 5) is 10.5. The van der Waals surface area contributed by atoms with Crippen molar-refractivity contribution in [3.8, 4) is 18.1 Å². The van der Waals surface area contributed by atoms with E-state index in [2.05, 4.69) is 5.92 Å². The first-order valence-electron chi connectivity index (χ1n) is 6.30. The number of nitrogens with zero attached hydrogens (tertiary/aromatic N) is 1. The quantitative estimate of drug-likeness (QED) is 0.729. The van der Waals surface area contributed by atoms with Crippen LogP contribution in [0, 0.1) is 12.3 Å². The zero-order chi connectivity index (χ0) is 15.9. The minimum Gasteiger partial charge on any atom is -0.482 e. The van der Waals surface area contributed by atoms with E-state index in [1.807, 2.05) is 6.92 Å². The molecule has 1 aromatic rings. The molecule has 21 heavy (non-hydrogen) atoms. The van der Waals surface area contributed by atoms with Crippen molar-refractivity contribution in [1.82, 2.24) is 4.31 Å². The average molecular weight is 311 g/mol. The Hall–Kier alpha value is -2.04. The molecule has 0 aliphatic carbocycles. The lowest BCUT2D eigenvalue weighted by molar-refractivity contribution is -0.139. The highest BCUT2D eigenvalue weighted by molar-refractivity contribution is 7.89. The number of ether oxygens (including phenoxy) is 1.